The summed E-state index contributed by atoms with van der Waals surface area (Å²) in [6, 6.07) is 15.1. The highest BCUT2D eigenvalue weighted by molar-refractivity contribution is 5.91. The average molecular weight is 459 g/mol. The molecule has 2 aliphatic rings. The first-order valence-corrected chi connectivity index (χ1v) is 12.3. The first-order valence-electron chi connectivity index (χ1n) is 12.3. The number of pyridine rings is 1. The van der Waals surface area contributed by atoms with Gasteiger partial charge >= 0.3 is 0 Å². The van der Waals surface area contributed by atoms with Gasteiger partial charge in [-0.15, -0.1) is 0 Å². The fraction of sp³-hybridized carbons (Fsp3) is 0.429. The van der Waals surface area contributed by atoms with Crippen LogP contribution in [0.5, 0.6) is 0 Å². The number of morpholine rings is 1. The van der Waals surface area contributed by atoms with Crippen molar-refractivity contribution >= 4 is 28.8 Å². The maximum atomic E-state index is 12.1. The Kier molecular flexibility index (Phi) is 6.17. The number of aromatic nitrogens is 1. The van der Waals surface area contributed by atoms with Gasteiger partial charge in [0.15, 0.2) is 0 Å². The largest absolute Gasteiger partial charge is 0.382 e. The van der Waals surface area contributed by atoms with Crippen LogP contribution in [0.4, 0.5) is 11.5 Å². The molecule has 1 aromatic heterocycles. The molecular formula is C28H34N4O2. The molecule has 2 fully saturated rings. The molecule has 1 amide bonds. The molecule has 2 aromatic carbocycles. The standard InChI is InChI=1S/C28H34N4O2/c1-18-13-20(3)27(32(16-18)17-33)23-6-4-5-19(2)26(23)21-7-8-24-22(14-21)15-25(28(29)30-24)31-9-11-34-12-10-31/h4-8,14-15,17-18,20,27H,9-13,16H2,1-3H3,(H2,29,30). The molecule has 6 nitrogen and oxygen atoms in total. The molecule has 0 saturated carbocycles. The normalized spacial score (nSPS) is 23.3. The van der Waals surface area contributed by atoms with Crippen LogP contribution in [-0.4, -0.2) is 49.1 Å². The number of amides is 1. The molecule has 6 heteroatoms. The van der Waals surface area contributed by atoms with Gasteiger partial charge < -0.3 is 20.3 Å². The van der Waals surface area contributed by atoms with E-state index in [1.807, 2.05) is 4.90 Å². The lowest BCUT2D eigenvalue weighted by Gasteiger charge is -2.42. The van der Waals surface area contributed by atoms with E-state index < -0.39 is 0 Å². The second-order valence-corrected chi connectivity index (χ2v) is 10.0. The number of nitrogens with zero attached hydrogens (tertiary/aromatic N) is 3. The molecular weight excluding hydrogens is 424 g/mol. The molecule has 2 N–H and O–H groups in total. The summed E-state index contributed by atoms with van der Waals surface area (Å²) in [5.74, 6) is 1.47. The lowest BCUT2D eigenvalue weighted by Crippen LogP contribution is -2.41. The molecule has 0 bridgehead atoms. The summed E-state index contributed by atoms with van der Waals surface area (Å²) in [6.45, 7) is 10.5. The number of carbonyl (C=O) groups excluding carboxylic acids is 1. The van der Waals surface area contributed by atoms with Crippen LogP contribution in [0.2, 0.25) is 0 Å². The van der Waals surface area contributed by atoms with Crippen molar-refractivity contribution in [2.45, 2.75) is 33.2 Å². The van der Waals surface area contributed by atoms with Crippen molar-refractivity contribution in [1.82, 2.24) is 9.88 Å². The van der Waals surface area contributed by atoms with E-state index in [-0.39, 0.29) is 6.04 Å². The van der Waals surface area contributed by atoms with E-state index in [4.69, 9.17) is 15.5 Å². The minimum absolute atomic E-state index is 0.0766. The average Bonchev–Trinajstić information content (AvgIpc) is 2.83. The van der Waals surface area contributed by atoms with E-state index in [0.29, 0.717) is 30.9 Å². The smallest absolute Gasteiger partial charge is 0.210 e. The van der Waals surface area contributed by atoms with Gasteiger partial charge in [0.25, 0.3) is 0 Å². The first kappa shape index (κ1) is 22.7. The number of anilines is 2. The molecule has 0 aliphatic carbocycles. The van der Waals surface area contributed by atoms with E-state index in [0.717, 1.165) is 54.6 Å². The Hall–Kier alpha value is -3.12. The maximum absolute atomic E-state index is 12.1. The Morgan fingerprint density at radius 1 is 1.12 bits per heavy atom. The van der Waals surface area contributed by atoms with Gasteiger partial charge in [-0.1, -0.05) is 38.1 Å². The number of nitrogens with two attached hydrogens (primary N) is 1. The number of nitrogen functional groups attached to an aromatic ring is 1. The Morgan fingerprint density at radius 2 is 1.91 bits per heavy atom. The summed E-state index contributed by atoms with van der Waals surface area (Å²) in [7, 11) is 0. The second kappa shape index (κ2) is 9.26. The maximum Gasteiger partial charge on any atom is 0.210 e. The van der Waals surface area contributed by atoms with Gasteiger partial charge in [-0.2, -0.15) is 0 Å². The van der Waals surface area contributed by atoms with E-state index in [9.17, 15) is 4.79 Å². The fourth-order valence-electron chi connectivity index (χ4n) is 5.96. The lowest BCUT2D eigenvalue weighted by molar-refractivity contribution is -0.124. The molecule has 3 atom stereocenters. The topological polar surface area (TPSA) is 71.7 Å². The van der Waals surface area contributed by atoms with Gasteiger partial charge in [0.1, 0.15) is 5.82 Å². The van der Waals surface area contributed by atoms with E-state index in [1.54, 1.807) is 0 Å². The molecule has 0 spiro atoms. The number of hydrogen-bond acceptors (Lipinski definition) is 5. The zero-order valence-electron chi connectivity index (χ0n) is 20.3. The summed E-state index contributed by atoms with van der Waals surface area (Å²) in [6.07, 6.45) is 2.15. The van der Waals surface area contributed by atoms with E-state index in [1.165, 1.54) is 16.7 Å². The third-order valence-corrected chi connectivity index (χ3v) is 7.42. The summed E-state index contributed by atoms with van der Waals surface area (Å²) in [5, 5.41) is 1.07. The van der Waals surface area contributed by atoms with Gasteiger partial charge in [-0.25, -0.2) is 4.98 Å². The number of likely N-dealkylation sites (tertiary alicyclic amines) is 1. The molecule has 3 unspecified atom stereocenters. The predicted molar refractivity (Wildman–Crippen MR) is 138 cm³/mol. The molecule has 3 aromatic rings. The number of rotatable bonds is 4. The minimum Gasteiger partial charge on any atom is -0.382 e. The summed E-state index contributed by atoms with van der Waals surface area (Å²) >= 11 is 0. The molecule has 2 saturated heterocycles. The van der Waals surface area contributed by atoms with E-state index >= 15 is 0 Å². The molecule has 2 aliphatic heterocycles. The predicted octanol–water partition coefficient (Wildman–Crippen LogP) is 4.80. The molecule has 34 heavy (non-hydrogen) atoms. The van der Waals surface area contributed by atoms with Crippen LogP contribution in [0, 0.1) is 18.8 Å². The van der Waals surface area contributed by atoms with Gasteiger partial charge in [0, 0.05) is 25.0 Å². The molecule has 3 heterocycles. The highest BCUT2D eigenvalue weighted by Gasteiger charge is 2.34. The van der Waals surface area contributed by atoms with Crippen molar-refractivity contribution in [3.63, 3.8) is 0 Å². The summed E-state index contributed by atoms with van der Waals surface area (Å²) in [5.41, 5.74) is 13.0. The fourth-order valence-corrected chi connectivity index (χ4v) is 5.96. The number of piperidine rings is 1. The number of hydrogen-bond donors (Lipinski definition) is 1. The Labute approximate surface area is 201 Å². The second-order valence-electron chi connectivity index (χ2n) is 10.0. The van der Waals surface area contributed by atoms with E-state index in [2.05, 4.69) is 68.1 Å². The van der Waals surface area contributed by atoms with Crippen molar-refractivity contribution in [1.29, 1.82) is 0 Å². The monoisotopic (exact) mass is 458 g/mol. The summed E-state index contributed by atoms with van der Waals surface area (Å²) < 4.78 is 5.51. The zero-order chi connectivity index (χ0) is 23.8. The Balaban J connectivity index is 1.61. The van der Waals surface area contributed by atoms with Crippen LogP contribution in [0.1, 0.15) is 37.4 Å². The number of benzene rings is 2. The van der Waals surface area contributed by atoms with Gasteiger partial charge in [-0.3, -0.25) is 4.79 Å². The van der Waals surface area contributed by atoms with Gasteiger partial charge in [-0.05, 0) is 65.6 Å². The SMILES string of the molecule is Cc1cccc(C2C(C)CC(C)CN2C=O)c1-c1ccc2nc(N)c(N3CCOCC3)cc2c1. The molecule has 5 rings (SSSR count). The van der Waals surface area contributed by atoms with Gasteiger partial charge in [0.05, 0.1) is 30.5 Å². The quantitative estimate of drug-likeness (QED) is 0.569. The van der Waals surface area contributed by atoms with Gasteiger partial charge in [0.2, 0.25) is 6.41 Å². The number of fused-ring (bicyclic) bond motifs is 1. The van der Waals surface area contributed by atoms with Crippen molar-refractivity contribution in [2.75, 3.05) is 43.5 Å². The van der Waals surface area contributed by atoms with Crippen LogP contribution >= 0.6 is 0 Å². The van der Waals surface area contributed by atoms with Crippen molar-refractivity contribution < 1.29 is 9.53 Å². The third kappa shape index (κ3) is 4.11. The summed E-state index contributed by atoms with van der Waals surface area (Å²) in [4.78, 5) is 21.0. The van der Waals surface area contributed by atoms with Crippen LogP contribution in [0.15, 0.2) is 42.5 Å². The van der Waals surface area contributed by atoms with Crippen LogP contribution in [0.3, 0.4) is 0 Å². The van der Waals surface area contributed by atoms with Crippen molar-refractivity contribution in [3.8, 4) is 11.1 Å². The molecule has 178 valence electrons. The minimum atomic E-state index is 0.0766. The number of ether oxygens (including phenoxy) is 1. The van der Waals surface area contributed by atoms with Crippen LogP contribution < -0.4 is 10.6 Å². The zero-order valence-corrected chi connectivity index (χ0v) is 20.3. The van der Waals surface area contributed by atoms with Crippen LogP contribution in [-0.2, 0) is 9.53 Å². The lowest BCUT2D eigenvalue weighted by atomic mass is 9.79. The number of aryl methyl sites for hydroxylation is 1. The third-order valence-electron chi connectivity index (χ3n) is 7.42. The van der Waals surface area contributed by atoms with Crippen LogP contribution in [0.25, 0.3) is 22.0 Å². The van der Waals surface area contributed by atoms with Crippen molar-refractivity contribution in [2.24, 2.45) is 11.8 Å². The van der Waals surface area contributed by atoms with Crippen molar-refractivity contribution in [3.05, 3.63) is 53.6 Å². The Bertz CT molecular complexity index is 1200. The highest BCUT2D eigenvalue weighted by Crippen LogP contribution is 2.43. The highest BCUT2D eigenvalue weighted by atomic mass is 16.5. The first-order chi connectivity index (χ1) is 16.5. The molecule has 0 radical (unpaired) electrons. The Morgan fingerprint density at radius 3 is 2.68 bits per heavy atom. The number of carbonyl (C=O) groups is 1.